The van der Waals surface area contributed by atoms with Gasteiger partial charge in [-0.2, -0.15) is 0 Å². The molecule has 1 N–H and O–H groups in total. The quantitative estimate of drug-likeness (QED) is 0.415. The Hall–Kier alpha value is -1.94. The molecule has 0 radical (unpaired) electrons. The summed E-state index contributed by atoms with van der Waals surface area (Å²) in [7, 11) is -1.31. The fraction of sp³-hybridized carbons (Fsp3) is 0.500. The van der Waals surface area contributed by atoms with Gasteiger partial charge in [0.05, 0.1) is 19.3 Å². The van der Waals surface area contributed by atoms with Crippen molar-refractivity contribution < 1.29 is 14.5 Å². The lowest BCUT2D eigenvalue weighted by atomic mass is 10.0. The van der Waals surface area contributed by atoms with E-state index in [4.69, 9.17) is 21.2 Å². The van der Waals surface area contributed by atoms with E-state index in [9.17, 15) is 10.1 Å². The molecule has 152 valence electrons. The molecule has 10 heteroatoms. The second-order valence-corrected chi connectivity index (χ2v) is 14.1. The summed E-state index contributed by atoms with van der Waals surface area (Å²) in [6.07, 6.45) is 1.54. The molecule has 0 amide bonds. The van der Waals surface area contributed by atoms with Crippen molar-refractivity contribution in [1.29, 1.82) is 0 Å². The summed E-state index contributed by atoms with van der Waals surface area (Å²) in [5.74, 6) is -0.341. The van der Waals surface area contributed by atoms with Crippen LogP contribution in [-0.2, 0) is 4.74 Å². The second kappa shape index (κ2) is 8.60. The van der Waals surface area contributed by atoms with E-state index in [1.165, 1.54) is 0 Å². The zero-order valence-electron chi connectivity index (χ0n) is 16.3. The largest absolute Gasteiger partial charge is 0.472 e. The number of aromatic nitrogens is 2. The fourth-order valence-corrected chi connectivity index (χ4v) is 3.85. The van der Waals surface area contributed by atoms with E-state index in [0.29, 0.717) is 36.1 Å². The van der Waals surface area contributed by atoms with Gasteiger partial charge < -0.3 is 25.0 Å². The van der Waals surface area contributed by atoms with Crippen molar-refractivity contribution >= 4 is 25.6 Å². The molecule has 2 heterocycles. The van der Waals surface area contributed by atoms with Crippen molar-refractivity contribution in [2.24, 2.45) is 0 Å². The third kappa shape index (κ3) is 5.31. The number of benzene rings is 1. The number of ether oxygens (including phenoxy) is 1. The van der Waals surface area contributed by atoms with Gasteiger partial charge in [0, 0.05) is 25.2 Å². The molecular formula is C18H25ClN4O4Si. The lowest BCUT2D eigenvalue weighted by molar-refractivity contribution is -0.401. The van der Waals surface area contributed by atoms with Crippen LogP contribution in [0.5, 0.6) is 0 Å². The zero-order chi connectivity index (χ0) is 20.3. The van der Waals surface area contributed by atoms with Gasteiger partial charge in [-0.1, -0.05) is 41.0 Å². The van der Waals surface area contributed by atoms with Gasteiger partial charge in [0.25, 0.3) is 0 Å². The first-order valence-corrected chi connectivity index (χ1v) is 13.3. The molecule has 8 nitrogen and oxygen atoms in total. The molecule has 28 heavy (non-hydrogen) atoms. The number of hydrogen-bond acceptors (Lipinski definition) is 6. The predicted octanol–water partition coefficient (Wildman–Crippen LogP) is 3.54. The minimum atomic E-state index is -1.31. The Morgan fingerprint density at radius 3 is 2.86 bits per heavy atom. The molecule has 0 saturated carbocycles. The van der Waals surface area contributed by atoms with E-state index in [-0.39, 0.29) is 12.0 Å². The molecular weight excluding hydrogens is 400 g/mol. The van der Waals surface area contributed by atoms with Crippen LogP contribution < -0.4 is 10.2 Å². The third-order valence-electron chi connectivity index (χ3n) is 4.44. The summed E-state index contributed by atoms with van der Waals surface area (Å²) in [4.78, 5) is 20.7. The van der Waals surface area contributed by atoms with Crippen molar-refractivity contribution in [2.45, 2.75) is 31.7 Å². The number of rotatable bonds is 7. The van der Waals surface area contributed by atoms with Crippen LogP contribution in [0.15, 0.2) is 24.4 Å². The first kappa shape index (κ1) is 20.8. The van der Waals surface area contributed by atoms with Gasteiger partial charge in [0.2, 0.25) is 0 Å². The van der Waals surface area contributed by atoms with E-state index in [2.05, 4.69) is 29.9 Å². The van der Waals surface area contributed by atoms with Gasteiger partial charge in [-0.25, -0.2) is 0 Å². The number of imidazole rings is 1. The molecule has 1 saturated heterocycles. The Morgan fingerprint density at radius 1 is 1.43 bits per heavy atom. The Morgan fingerprint density at radius 2 is 2.21 bits per heavy atom. The van der Waals surface area contributed by atoms with Crippen LogP contribution in [0.25, 0.3) is 11.3 Å². The summed E-state index contributed by atoms with van der Waals surface area (Å²) >= 11 is 6.30. The molecule has 0 aliphatic carbocycles. The minimum Gasteiger partial charge on any atom is -0.390 e. The zero-order valence-corrected chi connectivity index (χ0v) is 18.0. The van der Waals surface area contributed by atoms with Gasteiger partial charge in [0.15, 0.2) is 11.9 Å². The molecule has 2 aromatic rings. The summed E-state index contributed by atoms with van der Waals surface area (Å²) in [6.45, 7) is 9.07. The van der Waals surface area contributed by atoms with Crippen molar-refractivity contribution in [3.63, 3.8) is 0 Å². The highest BCUT2D eigenvalue weighted by Crippen LogP contribution is 2.29. The first-order valence-electron chi connectivity index (χ1n) is 9.22. The van der Waals surface area contributed by atoms with E-state index >= 15 is 0 Å². The van der Waals surface area contributed by atoms with Crippen molar-refractivity contribution in [1.82, 2.24) is 15.0 Å². The predicted molar refractivity (Wildman–Crippen MR) is 110 cm³/mol. The maximum Gasteiger partial charge on any atom is 0.472 e. The topological polar surface area (TPSA) is 91.5 Å². The fourth-order valence-electron chi connectivity index (χ4n) is 2.90. The Labute approximate surface area is 169 Å². The van der Waals surface area contributed by atoms with Crippen molar-refractivity contribution in [3.8, 4) is 11.3 Å². The number of nitro groups is 1. The van der Waals surface area contributed by atoms with Crippen LogP contribution in [0, 0.1) is 10.1 Å². The molecule has 1 aliphatic rings. The molecule has 0 unspecified atom stereocenters. The smallest absolute Gasteiger partial charge is 0.390 e. The number of nitrogens with one attached hydrogen (secondary N) is 1. The first-order chi connectivity index (χ1) is 13.2. The van der Waals surface area contributed by atoms with Crippen LogP contribution in [0.4, 0.5) is 5.95 Å². The van der Waals surface area contributed by atoms with Gasteiger partial charge >= 0.3 is 5.95 Å². The van der Waals surface area contributed by atoms with Gasteiger partial charge in [-0.15, -0.1) is 0 Å². The SMILES string of the molecule is C[Si](C)(C)CCOn1cc(-c2cc(Cl)cc([C@@H]3COCCN3)c2)nc1[N+](=O)[O-]. The number of halogens is 1. The Balaban J connectivity index is 1.87. The second-order valence-electron chi connectivity index (χ2n) is 8.01. The number of hydrogen-bond donors (Lipinski definition) is 1. The molecule has 1 atom stereocenters. The van der Waals surface area contributed by atoms with Crippen LogP contribution in [0.3, 0.4) is 0 Å². The molecule has 1 aliphatic heterocycles. The van der Waals surface area contributed by atoms with Crippen LogP contribution in [0.2, 0.25) is 30.7 Å². The minimum absolute atomic E-state index is 0.0243. The highest BCUT2D eigenvalue weighted by atomic mass is 35.5. The van der Waals surface area contributed by atoms with E-state index in [1.54, 1.807) is 12.3 Å². The standard InChI is InChI=1S/C18H25ClN4O4Si/c1-28(2,3)7-6-27-22-11-16(21-18(22)23(24)25)13-8-14(10-15(19)9-13)17-12-26-5-4-20-17/h8-11,17,20H,4-7,12H2,1-3H3/t17-/m0/s1. The highest BCUT2D eigenvalue weighted by Gasteiger charge is 2.25. The summed E-state index contributed by atoms with van der Waals surface area (Å²) in [5, 5.41) is 15.3. The molecule has 1 fully saturated rings. The normalized spacial score (nSPS) is 17.5. The molecule has 0 bridgehead atoms. The maximum atomic E-state index is 11.4. The molecule has 1 aromatic heterocycles. The highest BCUT2D eigenvalue weighted by molar-refractivity contribution is 6.76. The van der Waals surface area contributed by atoms with E-state index in [0.717, 1.165) is 22.9 Å². The number of nitrogens with zero attached hydrogens (tertiary/aromatic N) is 3. The van der Waals surface area contributed by atoms with Crippen LogP contribution >= 0.6 is 11.6 Å². The van der Waals surface area contributed by atoms with E-state index in [1.807, 2.05) is 12.1 Å². The average molecular weight is 425 g/mol. The van der Waals surface area contributed by atoms with Crippen LogP contribution in [-0.4, -0.2) is 49.1 Å². The molecule has 3 rings (SSSR count). The van der Waals surface area contributed by atoms with Gasteiger partial charge in [-0.05, 0) is 34.7 Å². The number of morpholine rings is 1. The van der Waals surface area contributed by atoms with Crippen LogP contribution in [0.1, 0.15) is 11.6 Å². The Bertz CT molecular complexity index is 847. The maximum absolute atomic E-state index is 11.4. The summed E-state index contributed by atoms with van der Waals surface area (Å²) in [5.41, 5.74) is 2.10. The van der Waals surface area contributed by atoms with Gasteiger partial charge in [0.1, 0.15) is 6.61 Å². The lowest BCUT2D eigenvalue weighted by Crippen LogP contribution is -2.34. The summed E-state index contributed by atoms with van der Waals surface area (Å²) in [6, 6.07) is 6.46. The van der Waals surface area contributed by atoms with Crippen molar-refractivity contribution in [2.75, 3.05) is 26.4 Å². The summed E-state index contributed by atoms with van der Waals surface area (Å²) < 4.78 is 6.67. The average Bonchev–Trinajstić information content (AvgIpc) is 3.05. The lowest BCUT2D eigenvalue weighted by Gasteiger charge is -2.24. The molecule has 0 spiro atoms. The molecule has 1 aromatic carbocycles. The monoisotopic (exact) mass is 424 g/mol. The van der Waals surface area contributed by atoms with Gasteiger partial charge in [-0.3, -0.25) is 0 Å². The Kier molecular flexibility index (Phi) is 6.39. The third-order valence-corrected chi connectivity index (χ3v) is 6.37. The van der Waals surface area contributed by atoms with E-state index < -0.39 is 13.0 Å². The van der Waals surface area contributed by atoms with Crippen molar-refractivity contribution in [3.05, 3.63) is 45.1 Å².